The van der Waals surface area contributed by atoms with Gasteiger partial charge >= 0.3 is 0 Å². The van der Waals surface area contributed by atoms with E-state index >= 15 is 0 Å². The Kier molecular flexibility index (Phi) is 4.30. The number of benzene rings is 1. The van der Waals surface area contributed by atoms with Crippen LogP contribution in [0.2, 0.25) is 0 Å². The predicted molar refractivity (Wildman–Crippen MR) is 69.3 cm³/mol. The van der Waals surface area contributed by atoms with E-state index in [1.54, 1.807) is 6.26 Å². The van der Waals surface area contributed by atoms with Crippen molar-refractivity contribution in [2.45, 2.75) is 25.9 Å². The average molecular weight is 233 g/mol. The maximum Gasteiger partial charge on any atom is 0.119 e. The molecular weight excluding hydrogens is 214 g/mol. The van der Waals surface area contributed by atoms with Gasteiger partial charge < -0.3 is 14.8 Å². The lowest BCUT2D eigenvalue weighted by Crippen LogP contribution is -2.22. The standard InChI is InChI=1S/C14H19NO2/c1-2-16-13-8-6-12(7-9-13)15-11-14-5-3-4-10-17-14/h4,6-10,14-15H,2-3,5,11H2,1H3. The summed E-state index contributed by atoms with van der Waals surface area (Å²) < 4.78 is 10.9. The highest BCUT2D eigenvalue weighted by atomic mass is 16.5. The minimum Gasteiger partial charge on any atom is -0.497 e. The van der Waals surface area contributed by atoms with E-state index in [2.05, 4.69) is 11.4 Å². The van der Waals surface area contributed by atoms with Gasteiger partial charge in [-0.25, -0.2) is 0 Å². The van der Waals surface area contributed by atoms with Gasteiger partial charge in [0.25, 0.3) is 0 Å². The van der Waals surface area contributed by atoms with Gasteiger partial charge in [-0.3, -0.25) is 0 Å². The van der Waals surface area contributed by atoms with E-state index in [-0.39, 0.29) is 6.10 Å². The van der Waals surface area contributed by atoms with Crippen LogP contribution in [0, 0.1) is 0 Å². The van der Waals surface area contributed by atoms with Crippen LogP contribution in [-0.2, 0) is 4.74 Å². The molecule has 1 atom stereocenters. The van der Waals surface area contributed by atoms with Gasteiger partial charge in [0.1, 0.15) is 11.9 Å². The second kappa shape index (κ2) is 6.18. The van der Waals surface area contributed by atoms with Crippen molar-refractivity contribution in [2.24, 2.45) is 0 Å². The molecule has 0 aromatic heterocycles. The Labute approximate surface area is 102 Å². The van der Waals surface area contributed by atoms with Crippen LogP contribution < -0.4 is 10.1 Å². The molecule has 1 unspecified atom stereocenters. The second-order valence-electron chi connectivity index (χ2n) is 4.05. The first-order valence-electron chi connectivity index (χ1n) is 6.15. The Morgan fingerprint density at radius 3 is 2.82 bits per heavy atom. The van der Waals surface area contributed by atoms with Gasteiger partial charge in [-0.05, 0) is 50.1 Å². The molecule has 2 rings (SSSR count). The van der Waals surface area contributed by atoms with E-state index in [0.29, 0.717) is 6.61 Å². The Balaban J connectivity index is 1.80. The summed E-state index contributed by atoms with van der Waals surface area (Å²) >= 11 is 0. The fraction of sp³-hybridized carbons (Fsp3) is 0.429. The third-order valence-electron chi connectivity index (χ3n) is 2.72. The minimum atomic E-state index is 0.284. The van der Waals surface area contributed by atoms with Crippen molar-refractivity contribution in [3.63, 3.8) is 0 Å². The van der Waals surface area contributed by atoms with Gasteiger partial charge in [0.05, 0.1) is 19.4 Å². The maximum atomic E-state index is 5.49. The van der Waals surface area contributed by atoms with Crippen LogP contribution in [0.25, 0.3) is 0 Å². The molecule has 0 saturated carbocycles. The molecule has 0 aliphatic carbocycles. The first kappa shape index (κ1) is 11.8. The fourth-order valence-electron chi connectivity index (χ4n) is 1.80. The van der Waals surface area contributed by atoms with Crippen LogP contribution in [0.4, 0.5) is 5.69 Å². The minimum absolute atomic E-state index is 0.284. The Morgan fingerprint density at radius 1 is 1.35 bits per heavy atom. The quantitative estimate of drug-likeness (QED) is 0.847. The molecule has 0 bridgehead atoms. The average Bonchev–Trinajstić information content (AvgIpc) is 2.40. The molecule has 1 heterocycles. The van der Waals surface area contributed by atoms with E-state index in [9.17, 15) is 0 Å². The highest BCUT2D eigenvalue weighted by Crippen LogP contribution is 2.17. The van der Waals surface area contributed by atoms with Crippen LogP contribution in [0.1, 0.15) is 19.8 Å². The molecule has 0 fully saturated rings. The van der Waals surface area contributed by atoms with Gasteiger partial charge in [-0.2, -0.15) is 0 Å². The molecule has 3 heteroatoms. The molecule has 0 saturated heterocycles. The van der Waals surface area contributed by atoms with Crippen LogP contribution >= 0.6 is 0 Å². The van der Waals surface area contributed by atoms with Crippen LogP contribution in [0.3, 0.4) is 0 Å². The van der Waals surface area contributed by atoms with Crippen molar-refractivity contribution < 1.29 is 9.47 Å². The topological polar surface area (TPSA) is 30.5 Å². The Hall–Kier alpha value is -1.64. The summed E-state index contributed by atoms with van der Waals surface area (Å²) in [6.45, 7) is 3.54. The lowest BCUT2D eigenvalue weighted by Gasteiger charge is -2.20. The molecule has 0 amide bonds. The second-order valence-corrected chi connectivity index (χ2v) is 4.05. The molecule has 0 radical (unpaired) electrons. The number of hydrogen-bond donors (Lipinski definition) is 1. The summed E-state index contributed by atoms with van der Waals surface area (Å²) in [6, 6.07) is 8.02. The summed E-state index contributed by atoms with van der Waals surface area (Å²) in [5.74, 6) is 0.912. The van der Waals surface area contributed by atoms with Gasteiger partial charge in [0.2, 0.25) is 0 Å². The van der Waals surface area contributed by atoms with Crippen molar-refractivity contribution in [2.75, 3.05) is 18.5 Å². The molecular formula is C14H19NO2. The van der Waals surface area contributed by atoms with E-state index < -0.39 is 0 Å². The molecule has 1 aliphatic rings. The molecule has 1 aliphatic heterocycles. The van der Waals surface area contributed by atoms with Crippen LogP contribution in [0.15, 0.2) is 36.6 Å². The number of anilines is 1. The van der Waals surface area contributed by atoms with Crippen molar-refractivity contribution in [1.29, 1.82) is 0 Å². The molecule has 0 spiro atoms. The van der Waals surface area contributed by atoms with Crippen molar-refractivity contribution in [1.82, 2.24) is 0 Å². The highest BCUT2D eigenvalue weighted by Gasteiger charge is 2.09. The number of hydrogen-bond acceptors (Lipinski definition) is 3. The molecule has 1 aromatic carbocycles. The van der Waals surface area contributed by atoms with Crippen molar-refractivity contribution >= 4 is 5.69 Å². The zero-order valence-electron chi connectivity index (χ0n) is 10.2. The summed E-state index contributed by atoms with van der Waals surface area (Å²) in [5, 5.41) is 3.37. The SMILES string of the molecule is CCOc1ccc(NCC2CCC=CO2)cc1. The zero-order chi connectivity index (χ0) is 11.9. The third kappa shape index (κ3) is 3.70. The summed E-state index contributed by atoms with van der Waals surface area (Å²) in [5.41, 5.74) is 1.10. The zero-order valence-corrected chi connectivity index (χ0v) is 10.2. The Morgan fingerprint density at radius 2 is 2.18 bits per heavy atom. The van der Waals surface area contributed by atoms with Crippen LogP contribution in [-0.4, -0.2) is 19.3 Å². The maximum absolute atomic E-state index is 5.49. The number of rotatable bonds is 5. The van der Waals surface area contributed by atoms with Crippen molar-refractivity contribution in [3.8, 4) is 5.75 Å². The number of ether oxygens (including phenoxy) is 2. The monoisotopic (exact) mass is 233 g/mol. The van der Waals surface area contributed by atoms with E-state index in [4.69, 9.17) is 9.47 Å². The molecule has 92 valence electrons. The van der Waals surface area contributed by atoms with Gasteiger partial charge in [0, 0.05) is 5.69 Å². The first-order chi connectivity index (χ1) is 8.38. The molecule has 3 nitrogen and oxygen atoms in total. The number of allylic oxidation sites excluding steroid dienone is 1. The molecule has 1 aromatic rings. The lowest BCUT2D eigenvalue weighted by atomic mass is 10.1. The van der Waals surface area contributed by atoms with Gasteiger partial charge in [0.15, 0.2) is 0 Å². The van der Waals surface area contributed by atoms with Gasteiger partial charge in [-0.1, -0.05) is 0 Å². The van der Waals surface area contributed by atoms with E-state index in [1.807, 2.05) is 31.2 Å². The molecule has 17 heavy (non-hydrogen) atoms. The summed E-state index contributed by atoms with van der Waals surface area (Å²) in [4.78, 5) is 0. The first-order valence-corrected chi connectivity index (χ1v) is 6.15. The lowest BCUT2D eigenvalue weighted by molar-refractivity contribution is 0.135. The van der Waals surface area contributed by atoms with Crippen molar-refractivity contribution in [3.05, 3.63) is 36.6 Å². The third-order valence-corrected chi connectivity index (χ3v) is 2.72. The predicted octanol–water partition coefficient (Wildman–Crippen LogP) is 3.19. The normalized spacial score (nSPS) is 18.5. The Bertz CT molecular complexity index is 359. The smallest absolute Gasteiger partial charge is 0.119 e. The summed E-state index contributed by atoms with van der Waals surface area (Å²) in [6.07, 6.45) is 6.34. The highest BCUT2D eigenvalue weighted by molar-refractivity contribution is 5.46. The largest absolute Gasteiger partial charge is 0.497 e. The fourth-order valence-corrected chi connectivity index (χ4v) is 1.80. The number of nitrogens with one attached hydrogen (secondary N) is 1. The van der Waals surface area contributed by atoms with E-state index in [0.717, 1.165) is 30.8 Å². The van der Waals surface area contributed by atoms with Crippen LogP contribution in [0.5, 0.6) is 5.75 Å². The van der Waals surface area contributed by atoms with E-state index in [1.165, 1.54) is 0 Å². The molecule has 1 N–H and O–H groups in total. The summed E-state index contributed by atoms with van der Waals surface area (Å²) in [7, 11) is 0. The van der Waals surface area contributed by atoms with Gasteiger partial charge in [-0.15, -0.1) is 0 Å².